The third-order valence-electron chi connectivity index (χ3n) is 5.07. The van der Waals surface area contributed by atoms with Crippen molar-refractivity contribution in [2.45, 2.75) is 20.4 Å². The van der Waals surface area contributed by atoms with Gasteiger partial charge in [-0.25, -0.2) is 9.69 Å². The van der Waals surface area contributed by atoms with Crippen molar-refractivity contribution in [1.29, 1.82) is 0 Å². The minimum atomic E-state index is -0.325. The molecule has 30 heavy (non-hydrogen) atoms. The second-order valence-corrected chi connectivity index (χ2v) is 7.28. The number of nitrogens with zero attached hydrogens (tertiary/aromatic N) is 1. The van der Waals surface area contributed by atoms with E-state index >= 15 is 0 Å². The van der Waals surface area contributed by atoms with Gasteiger partial charge >= 0.3 is 6.03 Å². The van der Waals surface area contributed by atoms with E-state index in [1.54, 1.807) is 48.5 Å². The molecule has 3 aromatic rings. The van der Waals surface area contributed by atoms with Crippen molar-refractivity contribution in [3.63, 3.8) is 0 Å². The summed E-state index contributed by atoms with van der Waals surface area (Å²) in [6.45, 7) is 4.27. The van der Waals surface area contributed by atoms with Crippen molar-refractivity contribution in [3.05, 3.63) is 94.5 Å². The Labute approximate surface area is 174 Å². The average molecular weight is 399 g/mol. The Balaban J connectivity index is 1.39. The van der Waals surface area contributed by atoms with Gasteiger partial charge in [-0.2, -0.15) is 0 Å². The fraction of sp³-hybridized carbons (Fsp3) is 0.125. The zero-order valence-corrected chi connectivity index (χ0v) is 16.7. The highest BCUT2D eigenvalue weighted by molar-refractivity contribution is 6.34. The second-order valence-electron chi connectivity index (χ2n) is 7.28. The highest BCUT2D eigenvalue weighted by atomic mass is 16.2. The predicted octanol–water partition coefficient (Wildman–Crippen LogP) is 4.43. The number of hydrogen-bond acceptors (Lipinski definition) is 3. The number of anilines is 2. The minimum Gasteiger partial charge on any atom is -0.334 e. The summed E-state index contributed by atoms with van der Waals surface area (Å²) in [5.41, 5.74) is 5.08. The molecule has 0 bridgehead atoms. The van der Waals surface area contributed by atoms with Crippen LogP contribution in [0.2, 0.25) is 0 Å². The molecule has 0 atom stereocenters. The van der Waals surface area contributed by atoms with E-state index in [1.165, 1.54) is 4.90 Å². The third kappa shape index (κ3) is 3.67. The smallest absolute Gasteiger partial charge is 0.319 e. The van der Waals surface area contributed by atoms with E-state index in [-0.39, 0.29) is 17.8 Å². The molecule has 6 heteroatoms. The van der Waals surface area contributed by atoms with Gasteiger partial charge in [-0.1, -0.05) is 42.0 Å². The lowest BCUT2D eigenvalue weighted by atomic mass is 10.1. The Morgan fingerprint density at radius 1 is 0.867 bits per heavy atom. The van der Waals surface area contributed by atoms with Crippen LogP contribution in [0, 0.1) is 13.8 Å². The molecule has 0 aromatic heterocycles. The SMILES string of the molecule is Cc1ccc(NC(=O)NCc2ccc(N3C(=O)c4ccccc4C3=O)cc2)c(C)c1. The van der Waals surface area contributed by atoms with Gasteiger partial charge < -0.3 is 10.6 Å². The topological polar surface area (TPSA) is 78.5 Å². The number of nitrogens with one attached hydrogen (secondary N) is 2. The Morgan fingerprint density at radius 3 is 2.10 bits per heavy atom. The van der Waals surface area contributed by atoms with Crippen molar-refractivity contribution in [2.24, 2.45) is 0 Å². The van der Waals surface area contributed by atoms with Gasteiger partial charge in [0, 0.05) is 12.2 Å². The summed E-state index contributed by atoms with van der Waals surface area (Å²) in [5, 5.41) is 5.65. The number of carbonyl (C=O) groups is 3. The van der Waals surface area contributed by atoms with Gasteiger partial charge in [0.2, 0.25) is 0 Å². The Kier molecular flexibility index (Phi) is 5.06. The normalized spacial score (nSPS) is 12.7. The highest BCUT2D eigenvalue weighted by Gasteiger charge is 2.36. The molecule has 0 saturated carbocycles. The lowest BCUT2D eigenvalue weighted by Gasteiger charge is -2.15. The number of benzene rings is 3. The van der Waals surface area contributed by atoms with Crippen molar-refractivity contribution >= 4 is 29.2 Å². The summed E-state index contributed by atoms with van der Waals surface area (Å²) in [4.78, 5) is 38.5. The summed E-state index contributed by atoms with van der Waals surface area (Å²) in [6, 6.07) is 19.3. The summed E-state index contributed by atoms with van der Waals surface area (Å²) >= 11 is 0. The van der Waals surface area contributed by atoms with Crippen LogP contribution in [0.1, 0.15) is 37.4 Å². The highest BCUT2D eigenvalue weighted by Crippen LogP contribution is 2.28. The van der Waals surface area contributed by atoms with Crippen LogP contribution in [0.15, 0.2) is 66.7 Å². The van der Waals surface area contributed by atoms with E-state index < -0.39 is 0 Å². The maximum absolute atomic E-state index is 12.6. The molecule has 150 valence electrons. The van der Waals surface area contributed by atoms with Crippen LogP contribution in [0.25, 0.3) is 0 Å². The third-order valence-corrected chi connectivity index (χ3v) is 5.07. The molecule has 0 saturated heterocycles. The standard InChI is InChI=1S/C24H21N3O3/c1-15-7-12-21(16(2)13-15)26-24(30)25-14-17-8-10-18(11-9-17)27-22(28)19-5-3-4-6-20(19)23(27)29/h3-13H,14H2,1-2H3,(H2,25,26,30). The number of rotatable bonds is 4. The Hall–Kier alpha value is -3.93. The van der Waals surface area contributed by atoms with Gasteiger partial charge in [-0.15, -0.1) is 0 Å². The van der Waals surface area contributed by atoms with E-state index in [4.69, 9.17) is 0 Å². The molecule has 1 aliphatic heterocycles. The molecule has 4 rings (SSSR count). The van der Waals surface area contributed by atoms with Gasteiger partial charge in [0.05, 0.1) is 16.8 Å². The first-order valence-electron chi connectivity index (χ1n) is 9.63. The zero-order valence-electron chi connectivity index (χ0n) is 16.7. The van der Waals surface area contributed by atoms with Crippen LogP contribution in [-0.4, -0.2) is 17.8 Å². The first-order chi connectivity index (χ1) is 14.4. The van der Waals surface area contributed by atoms with Crippen molar-refractivity contribution in [3.8, 4) is 0 Å². The maximum atomic E-state index is 12.6. The van der Waals surface area contributed by atoms with Crippen LogP contribution in [0.5, 0.6) is 0 Å². The molecule has 0 radical (unpaired) electrons. The number of hydrogen-bond donors (Lipinski definition) is 2. The van der Waals surface area contributed by atoms with Crippen LogP contribution >= 0.6 is 0 Å². The average Bonchev–Trinajstić information content (AvgIpc) is 3.00. The number of imide groups is 1. The van der Waals surface area contributed by atoms with E-state index in [1.807, 2.05) is 32.0 Å². The molecule has 2 N–H and O–H groups in total. The molecule has 0 unspecified atom stereocenters. The van der Waals surface area contributed by atoms with Gasteiger partial charge in [-0.3, -0.25) is 9.59 Å². The number of fused-ring (bicyclic) bond motifs is 1. The number of amides is 4. The molecular weight excluding hydrogens is 378 g/mol. The number of carbonyl (C=O) groups excluding carboxylic acids is 3. The Bertz CT molecular complexity index is 1120. The lowest BCUT2D eigenvalue weighted by Crippen LogP contribution is -2.29. The largest absolute Gasteiger partial charge is 0.334 e. The fourth-order valence-electron chi connectivity index (χ4n) is 3.49. The Morgan fingerprint density at radius 2 is 1.50 bits per heavy atom. The molecule has 4 amide bonds. The first kappa shape index (κ1) is 19.4. The van der Waals surface area contributed by atoms with Gasteiger partial charge in [0.15, 0.2) is 0 Å². The summed E-state index contributed by atoms with van der Waals surface area (Å²) in [5.74, 6) is -0.649. The molecule has 1 aliphatic rings. The molecular formula is C24H21N3O3. The maximum Gasteiger partial charge on any atom is 0.319 e. The number of aryl methyl sites for hydroxylation is 2. The van der Waals surface area contributed by atoms with Crippen LogP contribution in [0.4, 0.5) is 16.2 Å². The lowest BCUT2D eigenvalue weighted by molar-refractivity contribution is 0.0926. The fourth-order valence-corrected chi connectivity index (χ4v) is 3.49. The molecule has 3 aromatic carbocycles. The molecule has 1 heterocycles. The monoisotopic (exact) mass is 399 g/mol. The van der Waals surface area contributed by atoms with Crippen molar-refractivity contribution < 1.29 is 14.4 Å². The zero-order chi connectivity index (χ0) is 21.3. The van der Waals surface area contributed by atoms with E-state index in [2.05, 4.69) is 10.6 Å². The van der Waals surface area contributed by atoms with Gasteiger partial charge in [0.25, 0.3) is 11.8 Å². The van der Waals surface area contributed by atoms with E-state index in [9.17, 15) is 14.4 Å². The minimum absolute atomic E-state index is 0.300. The molecule has 0 aliphatic carbocycles. The summed E-state index contributed by atoms with van der Waals surface area (Å²) in [7, 11) is 0. The van der Waals surface area contributed by atoms with Gasteiger partial charge in [-0.05, 0) is 55.3 Å². The quantitative estimate of drug-likeness (QED) is 0.637. The predicted molar refractivity (Wildman–Crippen MR) is 116 cm³/mol. The van der Waals surface area contributed by atoms with Crippen molar-refractivity contribution in [1.82, 2.24) is 5.32 Å². The van der Waals surface area contributed by atoms with E-state index in [0.29, 0.717) is 23.4 Å². The molecule has 6 nitrogen and oxygen atoms in total. The number of urea groups is 1. The van der Waals surface area contributed by atoms with E-state index in [0.717, 1.165) is 22.4 Å². The summed E-state index contributed by atoms with van der Waals surface area (Å²) in [6.07, 6.45) is 0. The van der Waals surface area contributed by atoms with Crippen molar-refractivity contribution in [2.75, 3.05) is 10.2 Å². The van der Waals surface area contributed by atoms with Crippen LogP contribution < -0.4 is 15.5 Å². The second kappa shape index (κ2) is 7.83. The van der Waals surface area contributed by atoms with Crippen LogP contribution in [0.3, 0.4) is 0 Å². The summed E-state index contributed by atoms with van der Waals surface area (Å²) < 4.78 is 0. The van der Waals surface area contributed by atoms with Crippen LogP contribution in [-0.2, 0) is 6.54 Å². The molecule has 0 fully saturated rings. The van der Waals surface area contributed by atoms with Gasteiger partial charge in [0.1, 0.15) is 0 Å². The molecule has 0 spiro atoms. The first-order valence-corrected chi connectivity index (χ1v) is 9.63.